The van der Waals surface area contributed by atoms with Crippen molar-refractivity contribution >= 4 is 134 Å². The average Bonchev–Trinajstić information content (AvgIpc) is 0.725. The number of fused-ring (bicyclic) bond motifs is 4. The summed E-state index contributed by atoms with van der Waals surface area (Å²) in [5.74, 6) is -9.02. The SMILES string of the molecule is Cc1ccc([C@@H]2C[C@@H]3C(S(=O)(=O)c4ccc(C)cc4)[C@H](c4cccc(Cl)c4)CC(=O)[C@@H]3CC2S(=O)(=O)c2ccc(Cl)cc2)cc1.Cc1ccc([C@@H]2C[C@@H]3C(S(=O)(=O)c4ccc(C)cc4)[C@H](c4cccc5ccccc45)CC(=O)[C@@H]3CC2S(=O)(=O)c2ccc(Cl)cc2)cc1.Cc1ccc([C@@H]2C[C@@H]3C(S(=O)(=O)c4ccc(C)cc4)[C@H](c4ccccc4F)CC(=O)[C@@H]3CC2S(=O)(=O)c2ccc(Cl)cc2)cc1. The summed E-state index contributed by atoms with van der Waals surface area (Å²) in [5.41, 5.74) is 9.95. The molecule has 6 fully saturated rings. The van der Waals surface area contributed by atoms with Gasteiger partial charge in [0.2, 0.25) is 0 Å². The number of hydrogen-bond donors (Lipinski definition) is 0. The molecule has 6 aliphatic rings. The molecule has 714 valence electrons. The quantitative estimate of drug-likeness (QED) is 0.0774. The number of carbonyl (C=O) groups is 3. The molecule has 0 aromatic heterocycles. The minimum atomic E-state index is -4.09. The van der Waals surface area contributed by atoms with Gasteiger partial charge < -0.3 is 0 Å². The molecule has 138 heavy (non-hydrogen) atoms. The average molecular weight is 2040 g/mol. The van der Waals surface area contributed by atoms with Crippen molar-refractivity contribution in [1.82, 2.24) is 0 Å². The van der Waals surface area contributed by atoms with Gasteiger partial charge in [-0.2, -0.15) is 0 Å². The number of rotatable bonds is 18. The lowest BCUT2D eigenvalue weighted by molar-refractivity contribution is -0.129. The second-order valence-corrected chi connectivity index (χ2v) is 52.9. The lowest BCUT2D eigenvalue weighted by Gasteiger charge is -2.48. The minimum absolute atomic E-state index is 0.0137. The molecule has 6 saturated carbocycles. The number of halogens is 5. The van der Waals surface area contributed by atoms with Crippen molar-refractivity contribution in [2.75, 3.05) is 0 Å². The highest BCUT2D eigenvalue weighted by molar-refractivity contribution is 7.93. The third-order valence-corrected chi connectivity index (χ3v) is 44.7. The molecule has 0 saturated heterocycles. The van der Waals surface area contributed by atoms with E-state index in [9.17, 15) is 64.9 Å². The maximum atomic E-state index is 15.4. The summed E-state index contributed by atoms with van der Waals surface area (Å²) in [6.07, 6.45) is 0.478. The summed E-state index contributed by atoms with van der Waals surface area (Å²) in [4.78, 5) is 43.3. The van der Waals surface area contributed by atoms with Crippen LogP contribution in [0.2, 0.25) is 20.1 Å². The number of ketones is 3. The van der Waals surface area contributed by atoms with Gasteiger partial charge in [-0.25, -0.2) is 54.9 Å². The Labute approximate surface area is 828 Å². The second kappa shape index (κ2) is 40.1. The molecule has 0 radical (unpaired) electrons. The van der Waals surface area contributed by atoms with Crippen molar-refractivity contribution in [3.63, 3.8) is 0 Å². The highest BCUT2D eigenvalue weighted by Gasteiger charge is 2.61. The van der Waals surface area contributed by atoms with E-state index >= 15 is 4.39 Å². The zero-order chi connectivity index (χ0) is 98.0. The van der Waals surface area contributed by atoms with E-state index in [1.165, 1.54) is 60.7 Å². The third-order valence-electron chi connectivity index (χ3n) is 30.0. The Kier molecular flexibility index (Phi) is 28.9. The van der Waals surface area contributed by atoms with Crippen LogP contribution in [-0.4, -0.2) is 99.4 Å². The number of hydrogen-bond acceptors (Lipinski definition) is 15. The predicted molar refractivity (Wildman–Crippen MR) is 543 cm³/mol. The first kappa shape index (κ1) is 99.5. The fourth-order valence-electron chi connectivity index (χ4n) is 23.0. The van der Waals surface area contributed by atoms with Gasteiger partial charge >= 0.3 is 0 Å². The van der Waals surface area contributed by atoms with E-state index in [0.717, 1.165) is 66.4 Å². The molecule has 6 aliphatic carbocycles. The molecule has 0 aliphatic heterocycles. The number of carbonyl (C=O) groups excluding carboxylic acids is 3. The second-order valence-electron chi connectivity index (χ2n) is 38.3. The maximum absolute atomic E-state index is 15.4. The van der Waals surface area contributed by atoms with Crippen LogP contribution in [0.1, 0.15) is 160 Å². The summed E-state index contributed by atoms with van der Waals surface area (Å²) in [7, 11) is -23.8. The van der Waals surface area contributed by atoms with Crippen LogP contribution in [0, 0.1) is 82.9 Å². The summed E-state index contributed by atoms with van der Waals surface area (Å²) in [6, 6.07) is 88.4. The monoisotopic (exact) mass is 2040 g/mol. The first-order valence-electron chi connectivity index (χ1n) is 46.3. The molecule has 19 rings (SSSR count). The lowest BCUT2D eigenvalue weighted by Crippen LogP contribution is -2.53. The van der Waals surface area contributed by atoms with E-state index in [2.05, 4.69) is 0 Å². The fourth-order valence-corrected chi connectivity index (χ4v) is 36.5. The number of sulfone groups is 6. The Morgan fingerprint density at radius 3 is 0.848 bits per heavy atom. The molecule has 6 unspecified atom stereocenters. The van der Waals surface area contributed by atoms with Crippen LogP contribution in [0.3, 0.4) is 0 Å². The Hall–Kier alpha value is -10.1. The molecule has 0 amide bonds. The van der Waals surface area contributed by atoms with Crippen LogP contribution in [0.15, 0.2) is 339 Å². The predicted octanol–water partition coefficient (Wildman–Crippen LogP) is 24.5. The van der Waals surface area contributed by atoms with Crippen LogP contribution < -0.4 is 0 Å². The molecule has 18 atom stereocenters. The smallest absolute Gasteiger partial charge is 0.182 e. The Balaban J connectivity index is 0.000000143. The third kappa shape index (κ3) is 19.9. The Morgan fingerprint density at radius 1 is 0.239 bits per heavy atom. The first-order chi connectivity index (χ1) is 65.7. The van der Waals surface area contributed by atoms with Gasteiger partial charge in [0, 0.05) is 92.6 Å². The van der Waals surface area contributed by atoms with Gasteiger partial charge in [-0.1, -0.05) is 262 Å². The van der Waals surface area contributed by atoms with Crippen molar-refractivity contribution in [2.45, 2.75) is 196 Å². The van der Waals surface area contributed by atoms with Crippen LogP contribution in [0.5, 0.6) is 0 Å². The van der Waals surface area contributed by atoms with Gasteiger partial charge in [0.15, 0.2) is 59.0 Å². The molecule has 15 nitrogen and oxygen atoms in total. The van der Waals surface area contributed by atoms with Gasteiger partial charge in [0.05, 0.1) is 60.9 Å². The summed E-state index contributed by atoms with van der Waals surface area (Å²) in [6.45, 7) is 11.5. The molecule has 0 heterocycles. The van der Waals surface area contributed by atoms with Gasteiger partial charge in [-0.15, -0.1) is 0 Å². The number of Topliss-reactive ketones (excluding diaryl/α,β-unsaturated/α-hetero) is 3. The van der Waals surface area contributed by atoms with Crippen LogP contribution >= 0.6 is 46.4 Å². The maximum Gasteiger partial charge on any atom is 0.182 e. The zero-order valence-electron chi connectivity index (χ0n) is 76.7. The van der Waals surface area contributed by atoms with E-state index in [-0.39, 0.29) is 110 Å². The van der Waals surface area contributed by atoms with Crippen molar-refractivity contribution in [3.8, 4) is 0 Å². The van der Waals surface area contributed by atoms with Gasteiger partial charge in [0.1, 0.15) is 23.2 Å². The fraction of sp³-hybridized carbons (Fsp3) is 0.295. The van der Waals surface area contributed by atoms with E-state index in [1.807, 2.05) is 163 Å². The summed E-state index contributed by atoms with van der Waals surface area (Å²) < 4.78 is 190. The van der Waals surface area contributed by atoms with Gasteiger partial charge in [-0.3, -0.25) is 14.4 Å². The molecular formula is C112H105Cl4FO15S6. The topological polar surface area (TPSA) is 256 Å². The molecule has 13 aromatic carbocycles. The van der Waals surface area contributed by atoms with Crippen molar-refractivity contribution in [1.29, 1.82) is 0 Å². The number of benzene rings is 13. The van der Waals surface area contributed by atoms with Crippen molar-refractivity contribution in [2.24, 2.45) is 35.5 Å². The normalized spacial score (nSPS) is 25.2. The summed E-state index contributed by atoms with van der Waals surface area (Å²) >= 11 is 24.6. The lowest BCUT2D eigenvalue weighted by atomic mass is 9.61. The van der Waals surface area contributed by atoms with E-state index in [4.69, 9.17) is 46.4 Å². The van der Waals surface area contributed by atoms with Crippen LogP contribution in [-0.2, 0) is 73.4 Å². The van der Waals surface area contributed by atoms with Crippen LogP contribution in [0.4, 0.5) is 4.39 Å². The molecule has 13 aromatic rings. The molecule has 0 spiro atoms. The highest BCUT2D eigenvalue weighted by Crippen LogP contribution is 2.59. The van der Waals surface area contributed by atoms with Gasteiger partial charge in [-0.05, 0) is 269 Å². The standard InChI is InChI=1S/C40H37ClO5S2.C36H34Cl2O5S2.C36H34ClFO5S2/c1-25-10-14-28(15-11-25)34-22-36-35(24-39(34)47(43,44)30-20-16-29(41)17-21-30)38(42)23-37(33-9-5-7-27-6-3-4-8-32(27)33)40(36)48(45,46)31-18-12-26(2)13-19-31;1-22-6-10-24(11-7-22)30-19-33-32(21-35(30)44(40,41)28-16-12-26(37)13-17-28)34(39)20-31(25-4-3-5-27(38)18-25)36(33)45(42,43)29-14-8-23(2)9-15-29;1-22-7-11-24(12-8-22)29-19-31-30(21-35(29)44(40,41)26-17-13-25(37)14-18-26)34(39)20-32(28-5-3-4-6-33(28)38)36(31)45(42,43)27-15-9-23(2)10-16-27/h3-21,34-37,39-40H,22-24H2,1-2H3;3-18,30-33,35-36H,19-21H2,1-2H3;3-18,29-32,35-36H,19-21H2,1-2H3/t34-,35+,36-,37-,39?,40?;30-,31-,32+,33-,35?,36?;29-,30+,31-,32-,35?,36?/m000/s1. The van der Waals surface area contributed by atoms with Crippen molar-refractivity contribution < 1.29 is 69.3 Å². The molecule has 0 N–H and O–H groups in total. The van der Waals surface area contributed by atoms with E-state index in [0.29, 0.717) is 25.7 Å². The molecule has 0 bridgehead atoms. The number of aryl methyl sites for hydroxylation is 6. The van der Waals surface area contributed by atoms with Crippen LogP contribution in [0.25, 0.3) is 10.8 Å². The highest BCUT2D eigenvalue weighted by atomic mass is 35.5. The van der Waals surface area contributed by atoms with Gasteiger partial charge in [0.25, 0.3) is 0 Å². The minimum Gasteiger partial charge on any atom is -0.299 e. The molecule has 26 heteroatoms. The largest absolute Gasteiger partial charge is 0.299 e. The van der Waals surface area contributed by atoms with E-state index < -0.39 is 167 Å². The first-order valence-corrected chi connectivity index (χ1v) is 57.1. The zero-order valence-corrected chi connectivity index (χ0v) is 84.6. The molecular weight excluding hydrogens is 1940 g/mol. The Bertz CT molecular complexity index is 7510. The van der Waals surface area contributed by atoms with E-state index in [1.54, 1.807) is 127 Å². The summed E-state index contributed by atoms with van der Waals surface area (Å²) in [5, 5.41) is -2.20. The van der Waals surface area contributed by atoms with Crippen molar-refractivity contribution in [3.05, 3.63) is 402 Å². The Morgan fingerprint density at radius 2 is 0.507 bits per heavy atom.